The lowest BCUT2D eigenvalue weighted by atomic mass is 10.1. The molecule has 0 amide bonds. The van der Waals surface area contributed by atoms with Gasteiger partial charge in [0.05, 0.1) is 0 Å². The molecule has 0 bridgehead atoms. The van der Waals surface area contributed by atoms with E-state index in [1.54, 1.807) is 0 Å². The van der Waals surface area contributed by atoms with Crippen LogP contribution in [0, 0.1) is 5.92 Å². The van der Waals surface area contributed by atoms with Crippen molar-refractivity contribution in [1.29, 1.82) is 0 Å². The third kappa shape index (κ3) is 9.24. The molecule has 1 aliphatic carbocycles. The predicted octanol–water partition coefficient (Wildman–Crippen LogP) is 1.25. The van der Waals surface area contributed by atoms with Gasteiger partial charge in [0.15, 0.2) is 5.79 Å². The third-order valence-corrected chi connectivity index (χ3v) is 1.62. The van der Waals surface area contributed by atoms with Gasteiger partial charge in [0.1, 0.15) is 5.78 Å². The van der Waals surface area contributed by atoms with E-state index in [4.69, 9.17) is 10.2 Å². The number of rotatable bonds is 1. The first kappa shape index (κ1) is 12.3. The lowest BCUT2D eigenvalue weighted by Gasteiger charge is -2.03. The maximum absolute atomic E-state index is 10.6. The maximum atomic E-state index is 10.6. The van der Waals surface area contributed by atoms with Crippen molar-refractivity contribution in [3.8, 4) is 0 Å². The monoisotopic (exact) mass is 186 g/mol. The summed E-state index contributed by atoms with van der Waals surface area (Å²) >= 11 is 0. The number of aliphatic hydroxyl groups is 2. The van der Waals surface area contributed by atoms with Gasteiger partial charge < -0.3 is 10.2 Å². The second kappa shape index (κ2) is 5.14. The molecular formula is C10H18O3. The Morgan fingerprint density at radius 3 is 2.15 bits per heavy atom. The molecule has 1 rings (SSSR count). The van der Waals surface area contributed by atoms with Crippen molar-refractivity contribution in [2.24, 2.45) is 5.92 Å². The lowest BCUT2D eigenvalue weighted by molar-refractivity contribution is -0.127. The molecule has 0 radical (unpaired) electrons. The summed E-state index contributed by atoms with van der Waals surface area (Å²) in [5.74, 6) is -0.614. The van der Waals surface area contributed by atoms with Gasteiger partial charge in [-0.3, -0.25) is 4.79 Å². The zero-order chi connectivity index (χ0) is 10.5. The number of hydrogen-bond donors (Lipinski definition) is 2. The molecule has 0 spiro atoms. The molecule has 0 aromatic heterocycles. The Morgan fingerprint density at radius 1 is 1.54 bits per heavy atom. The first-order valence-electron chi connectivity index (χ1n) is 4.42. The molecule has 0 aromatic carbocycles. The second-order valence-electron chi connectivity index (χ2n) is 3.77. The van der Waals surface area contributed by atoms with Gasteiger partial charge in [-0.1, -0.05) is 6.08 Å². The van der Waals surface area contributed by atoms with Crippen molar-refractivity contribution in [2.45, 2.75) is 38.9 Å². The fourth-order valence-electron chi connectivity index (χ4n) is 1.04. The highest BCUT2D eigenvalue weighted by Crippen LogP contribution is 2.21. The first-order chi connectivity index (χ1) is 5.83. The van der Waals surface area contributed by atoms with E-state index in [1.165, 1.54) is 13.8 Å². The van der Waals surface area contributed by atoms with E-state index in [-0.39, 0.29) is 0 Å². The van der Waals surface area contributed by atoms with Crippen LogP contribution in [0.1, 0.15) is 33.1 Å². The van der Waals surface area contributed by atoms with Crippen LogP contribution in [0.15, 0.2) is 12.7 Å². The Morgan fingerprint density at radius 2 is 2.00 bits per heavy atom. The minimum absolute atomic E-state index is 0.398. The molecule has 1 unspecified atom stereocenters. The number of ketones is 1. The highest BCUT2D eigenvalue weighted by atomic mass is 16.5. The molecule has 3 nitrogen and oxygen atoms in total. The van der Waals surface area contributed by atoms with Gasteiger partial charge in [0, 0.05) is 12.8 Å². The molecule has 1 fully saturated rings. The largest absolute Gasteiger partial charge is 0.366 e. The zero-order valence-corrected chi connectivity index (χ0v) is 8.29. The van der Waals surface area contributed by atoms with Crippen LogP contribution in [0.2, 0.25) is 0 Å². The van der Waals surface area contributed by atoms with Crippen molar-refractivity contribution < 1.29 is 15.0 Å². The summed E-state index contributed by atoms with van der Waals surface area (Å²) in [6.45, 7) is 6.22. The molecule has 13 heavy (non-hydrogen) atoms. The molecule has 0 aliphatic heterocycles. The van der Waals surface area contributed by atoms with Gasteiger partial charge in [-0.2, -0.15) is 0 Å². The number of allylic oxidation sites excluding steroid dienone is 1. The van der Waals surface area contributed by atoms with Crippen molar-refractivity contribution >= 4 is 5.78 Å². The molecule has 1 atom stereocenters. The van der Waals surface area contributed by atoms with Crippen LogP contribution in [0.3, 0.4) is 0 Å². The molecule has 1 aliphatic rings. The van der Waals surface area contributed by atoms with E-state index in [0.29, 0.717) is 11.7 Å². The summed E-state index contributed by atoms with van der Waals surface area (Å²) in [5.41, 5.74) is 0. The Kier molecular flexibility index (Phi) is 4.88. The Balaban J connectivity index is 0.000000252. The fraction of sp³-hybridized carbons (Fsp3) is 0.700. The third-order valence-electron chi connectivity index (χ3n) is 1.62. The van der Waals surface area contributed by atoms with Crippen LogP contribution < -0.4 is 0 Å². The van der Waals surface area contributed by atoms with Gasteiger partial charge >= 0.3 is 0 Å². The summed E-state index contributed by atoms with van der Waals surface area (Å²) in [6, 6.07) is 0. The zero-order valence-electron chi connectivity index (χ0n) is 8.29. The minimum Gasteiger partial charge on any atom is -0.366 e. The highest BCUT2D eigenvalue weighted by molar-refractivity contribution is 5.80. The molecule has 3 heteroatoms. The molecule has 2 N–H and O–H groups in total. The predicted molar refractivity (Wildman–Crippen MR) is 51.1 cm³/mol. The van der Waals surface area contributed by atoms with E-state index in [9.17, 15) is 4.79 Å². The average molecular weight is 186 g/mol. The Bertz CT molecular complexity index is 173. The van der Waals surface area contributed by atoms with Crippen molar-refractivity contribution in [3.05, 3.63) is 12.7 Å². The van der Waals surface area contributed by atoms with Gasteiger partial charge in [0.2, 0.25) is 0 Å². The van der Waals surface area contributed by atoms with Crippen molar-refractivity contribution in [1.82, 2.24) is 0 Å². The highest BCUT2D eigenvalue weighted by Gasteiger charge is 2.18. The van der Waals surface area contributed by atoms with E-state index >= 15 is 0 Å². The van der Waals surface area contributed by atoms with Gasteiger partial charge in [-0.25, -0.2) is 0 Å². The van der Waals surface area contributed by atoms with Crippen LogP contribution in [-0.2, 0) is 4.79 Å². The van der Waals surface area contributed by atoms with Crippen LogP contribution in [0.25, 0.3) is 0 Å². The van der Waals surface area contributed by atoms with E-state index in [2.05, 4.69) is 6.58 Å². The molecule has 0 aromatic rings. The van der Waals surface area contributed by atoms with Crippen molar-refractivity contribution in [3.63, 3.8) is 0 Å². The minimum atomic E-state index is -1.50. The van der Waals surface area contributed by atoms with E-state index < -0.39 is 5.79 Å². The summed E-state index contributed by atoms with van der Waals surface area (Å²) in [5, 5.41) is 16.2. The van der Waals surface area contributed by atoms with Crippen LogP contribution in [0.4, 0.5) is 0 Å². The van der Waals surface area contributed by atoms with Gasteiger partial charge in [-0.15, -0.1) is 6.58 Å². The summed E-state index contributed by atoms with van der Waals surface area (Å²) in [7, 11) is 0. The van der Waals surface area contributed by atoms with Gasteiger partial charge in [-0.05, 0) is 26.2 Å². The van der Waals surface area contributed by atoms with Gasteiger partial charge in [0.25, 0.3) is 0 Å². The van der Waals surface area contributed by atoms with E-state index in [1.807, 2.05) is 6.08 Å². The molecule has 1 saturated carbocycles. The standard InChI is InChI=1S/C7H10O.C3H8O2/c1-2-6-3-4-7(8)5-6;1-3(2,4)5/h2,6H,1,3-5H2;4-5H,1-2H3. The smallest absolute Gasteiger partial charge is 0.156 e. The van der Waals surface area contributed by atoms with Crippen LogP contribution in [0.5, 0.6) is 0 Å². The lowest BCUT2D eigenvalue weighted by Crippen LogP contribution is -2.15. The van der Waals surface area contributed by atoms with E-state index in [0.717, 1.165) is 19.3 Å². The number of hydrogen-bond acceptors (Lipinski definition) is 3. The molecule has 0 heterocycles. The first-order valence-corrected chi connectivity index (χ1v) is 4.42. The van der Waals surface area contributed by atoms with Crippen LogP contribution in [-0.4, -0.2) is 21.8 Å². The molecule has 0 saturated heterocycles. The average Bonchev–Trinajstić information content (AvgIpc) is 2.31. The number of Topliss-reactive ketones (excluding diaryl/α,β-unsaturated/α-hetero) is 1. The van der Waals surface area contributed by atoms with Crippen LogP contribution >= 0.6 is 0 Å². The quantitative estimate of drug-likeness (QED) is 0.478. The number of carbonyl (C=O) groups is 1. The van der Waals surface area contributed by atoms with Crippen molar-refractivity contribution in [2.75, 3.05) is 0 Å². The second-order valence-corrected chi connectivity index (χ2v) is 3.77. The Hall–Kier alpha value is -0.670. The normalized spacial score (nSPS) is 22.2. The topological polar surface area (TPSA) is 57.5 Å². The fourth-order valence-corrected chi connectivity index (χ4v) is 1.04. The molecule has 76 valence electrons. The number of carbonyl (C=O) groups excluding carboxylic acids is 1. The summed E-state index contributed by atoms with van der Waals surface area (Å²) in [4.78, 5) is 10.6. The Labute approximate surface area is 79.1 Å². The summed E-state index contributed by atoms with van der Waals surface area (Å²) < 4.78 is 0. The molecular weight excluding hydrogens is 168 g/mol. The maximum Gasteiger partial charge on any atom is 0.156 e. The SMILES string of the molecule is C=CC1CCC(=O)C1.CC(C)(O)O. The summed E-state index contributed by atoms with van der Waals surface area (Å²) in [6.07, 6.45) is 4.42.